The van der Waals surface area contributed by atoms with Crippen molar-refractivity contribution in [2.75, 3.05) is 7.11 Å². The summed E-state index contributed by atoms with van der Waals surface area (Å²) in [5, 5.41) is 16.5. The van der Waals surface area contributed by atoms with E-state index >= 15 is 0 Å². The van der Waals surface area contributed by atoms with Crippen molar-refractivity contribution < 1.29 is 47.0 Å². The van der Waals surface area contributed by atoms with Crippen LogP contribution in [0.1, 0.15) is 92.9 Å². The normalized spacial score (nSPS) is 11.8. The Kier molecular flexibility index (Phi) is 17.8. The van der Waals surface area contributed by atoms with Crippen molar-refractivity contribution in [3.05, 3.63) is 87.5 Å². The fourth-order valence-corrected chi connectivity index (χ4v) is 11.9. The number of hydrogen-bond acceptors (Lipinski definition) is 1. The van der Waals surface area contributed by atoms with Gasteiger partial charge in [-0.15, -0.1) is 11.4 Å². The first-order valence-corrected chi connectivity index (χ1v) is 19.9. The molecule has 0 atom stereocenters. The minimum Gasteiger partial charge on any atom is -0.857 e. The maximum absolute atomic E-state index is 13.4. The van der Waals surface area contributed by atoms with Crippen molar-refractivity contribution in [1.29, 1.82) is 0 Å². The zero-order chi connectivity index (χ0) is 37.4. The second-order valence-corrected chi connectivity index (χ2v) is 21.4. The maximum Gasteiger partial charge on any atom is -0.0224 e. The third-order valence-corrected chi connectivity index (χ3v) is 15.3. The molecule has 3 aromatic rings. The molecule has 2 nitrogen and oxygen atoms in total. The van der Waals surface area contributed by atoms with Crippen molar-refractivity contribution in [3.63, 3.8) is 0 Å². The van der Waals surface area contributed by atoms with Crippen molar-refractivity contribution >= 4 is 41.6 Å². The summed E-state index contributed by atoms with van der Waals surface area (Å²) < 4.78 is 65.8. The quantitative estimate of drug-likeness (QED) is 0.0707. The van der Waals surface area contributed by atoms with Gasteiger partial charge >= 0.3 is 107 Å². The molecule has 3 aromatic carbocycles. The predicted molar refractivity (Wildman–Crippen MR) is 194 cm³/mol. The number of aryl methyl sites for hydroxylation is 2. The van der Waals surface area contributed by atoms with E-state index in [1.807, 2.05) is 0 Å². The largest absolute Gasteiger partial charge is 0.857 e. The number of benzene rings is 3. The van der Waals surface area contributed by atoms with Crippen LogP contribution in [0.25, 0.3) is 5.32 Å². The van der Waals surface area contributed by atoms with Crippen LogP contribution in [-0.2, 0) is 20.0 Å². The zero-order valence-electron chi connectivity index (χ0n) is 30.9. The molecule has 264 valence electrons. The summed E-state index contributed by atoms with van der Waals surface area (Å²) in [6.07, 6.45) is 0. The molecule has 0 unspecified atom stereocenters. The average Bonchev–Trinajstić information content (AvgIpc) is 2.98. The number of halogens is 5. The summed E-state index contributed by atoms with van der Waals surface area (Å²) >= 11 is 1.35. The Hall–Kier alpha value is -1.49. The van der Waals surface area contributed by atoms with Crippen LogP contribution in [0.4, 0.5) is 33.3 Å². The maximum atomic E-state index is 13.4. The molecule has 0 saturated carbocycles. The Morgan fingerprint density at radius 3 is 1.17 bits per heavy atom. The van der Waals surface area contributed by atoms with Crippen LogP contribution in [0, 0.1) is 48.3 Å². The van der Waals surface area contributed by atoms with Crippen LogP contribution in [0.2, 0.25) is 0 Å². The van der Waals surface area contributed by atoms with Gasteiger partial charge in [0.05, 0.1) is 0 Å². The third kappa shape index (κ3) is 11.3. The fourth-order valence-electron chi connectivity index (χ4n) is 5.50. The van der Waals surface area contributed by atoms with Gasteiger partial charge in [0.2, 0.25) is 0 Å². The molecule has 10 heteroatoms. The van der Waals surface area contributed by atoms with E-state index in [-0.39, 0.29) is 19.7 Å². The SMILES string of the molecule is CC(C)(C)[C](=[Ti+2])c1c(F)c(F)c(F)c(F)c1F.C[O-].Cc1ccc([N-]c2ccc(C)cc2P(C(C)C)C(C)C)c(P(C(C)C)C(C)C)c1. The molecule has 0 aliphatic carbocycles. The summed E-state index contributed by atoms with van der Waals surface area (Å²) in [7, 11) is 0.247. The standard InChI is InChI=1S/C26H40NP2.C11H9F5.CH3O.Ti/c1-17(2)28(18(3)4)25-15-21(9)11-13-23(25)27-24-14-12-22(10)16-26(24)29(19(5)6)20(7)8;1-11(2,3)4-5-6(12)8(14)10(16)9(15)7(5)13;1-2;/h11-20H,1-10H3;1-3H3;1H3;/q-1;;-1;+2. The summed E-state index contributed by atoms with van der Waals surface area (Å²) in [6.45, 7) is 28.2. The number of hydrogen-bond donors (Lipinski definition) is 0. The van der Waals surface area contributed by atoms with E-state index in [9.17, 15) is 22.0 Å². The zero-order valence-corrected chi connectivity index (χ0v) is 34.3. The molecule has 0 aliphatic heterocycles. The van der Waals surface area contributed by atoms with Crippen molar-refractivity contribution in [2.24, 2.45) is 5.41 Å². The minimum atomic E-state index is -2.13. The Balaban J connectivity index is 0.000000516. The summed E-state index contributed by atoms with van der Waals surface area (Å²) in [4.78, 5) is 0. The van der Waals surface area contributed by atoms with Gasteiger partial charge in [-0.3, -0.25) is 0 Å². The van der Waals surface area contributed by atoms with Crippen molar-refractivity contribution in [2.45, 2.75) is 113 Å². The molecule has 0 radical (unpaired) electrons. The molecular formula is C38H52F5NOP2Ti. The first kappa shape index (κ1) is 44.5. The molecule has 0 aromatic heterocycles. The molecular weight excluding hydrogens is 691 g/mol. The Morgan fingerprint density at radius 1 is 0.604 bits per heavy atom. The molecule has 0 spiro atoms. The topological polar surface area (TPSA) is 37.2 Å². The van der Waals surface area contributed by atoms with Gasteiger partial charge in [-0.2, -0.15) is 7.11 Å². The monoisotopic (exact) mass is 743 g/mol. The second kappa shape index (κ2) is 19.2. The van der Waals surface area contributed by atoms with E-state index in [4.69, 9.17) is 10.4 Å². The Bertz CT molecular complexity index is 1420. The van der Waals surface area contributed by atoms with Crippen LogP contribution in [0.5, 0.6) is 0 Å². The average molecular weight is 744 g/mol. The molecule has 0 saturated heterocycles. The minimum absolute atomic E-state index is 0.102. The molecule has 48 heavy (non-hydrogen) atoms. The van der Waals surface area contributed by atoms with Gasteiger partial charge in [0.25, 0.3) is 0 Å². The van der Waals surface area contributed by atoms with E-state index in [1.54, 1.807) is 20.8 Å². The van der Waals surface area contributed by atoms with Gasteiger partial charge in [0.15, 0.2) is 0 Å². The molecule has 0 amide bonds. The first-order valence-electron chi connectivity index (χ1n) is 16.1. The summed E-state index contributed by atoms with van der Waals surface area (Å²) in [6, 6.07) is 13.7. The Labute approximate surface area is 300 Å². The summed E-state index contributed by atoms with van der Waals surface area (Å²) in [5.74, 6) is -9.53. The van der Waals surface area contributed by atoms with E-state index in [1.165, 1.54) is 53.1 Å². The third-order valence-electron chi connectivity index (χ3n) is 7.49. The van der Waals surface area contributed by atoms with Crippen LogP contribution in [0.3, 0.4) is 0 Å². The van der Waals surface area contributed by atoms with Gasteiger partial charge in [-0.25, -0.2) is 0 Å². The first-order chi connectivity index (χ1) is 22.1. The molecule has 3 rings (SSSR count). The van der Waals surface area contributed by atoms with Gasteiger partial charge in [0.1, 0.15) is 0 Å². The van der Waals surface area contributed by atoms with Crippen LogP contribution >= 0.6 is 15.8 Å². The molecule has 0 aliphatic rings. The van der Waals surface area contributed by atoms with E-state index in [0.29, 0.717) is 22.6 Å². The van der Waals surface area contributed by atoms with Crippen LogP contribution < -0.4 is 15.7 Å². The van der Waals surface area contributed by atoms with Gasteiger partial charge < -0.3 is 10.4 Å². The Morgan fingerprint density at radius 2 is 0.896 bits per heavy atom. The molecule has 0 bridgehead atoms. The molecule has 0 fully saturated rings. The summed E-state index contributed by atoms with van der Waals surface area (Å²) in [5.41, 5.74) is 6.11. The van der Waals surface area contributed by atoms with Crippen LogP contribution in [0.15, 0.2) is 36.4 Å². The number of nitrogens with zero attached hydrogens (tertiary/aromatic N) is 1. The van der Waals surface area contributed by atoms with E-state index in [0.717, 1.165) is 7.11 Å². The van der Waals surface area contributed by atoms with Gasteiger partial charge in [-0.1, -0.05) is 119 Å². The van der Waals surface area contributed by atoms with E-state index in [2.05, 4.69) is 106 Å². The smallest absolute Gasteiger partial charge is 0.0224 e. The molecule has 0 heterocycles. The van der Waals surface area contributed by atoms with E-state index < -0.39 is 40.1 Å². The van der Waals surface area contributed by atoms with Crippen molar-refractivity contribution in [1.82, 2.24) is 0 Å². The van der Waals surface area contributed by atoms with Gasteiger partial charge in [-0.05, 0) is 47.1 Å². The van der Waals surface area contributed by atoms with Gasteiger partial charge in [0, 0.05) is 0 Å². The second-order valence-electron chi connectivity index (χ2n) is 13.9. The van der Waals surface area contributed by atoms with Crippen molar-refractivity contribution in [3.8, 4) is 0 Å². The molecule has 0 N–H and O–H groups in total. The predicted octanol–water partition coefficient (Wildman–Crippen LogP) is 11.0. The fraction of sp³-hybridized carbons (Fsp3) is 0.500. The number of rotatable bonds is 9. The van der Waals surface area contributed by atoms with Crippen LogP contribution in [-0.4, -0.2) is 33.6 Å².